The van der Waals surface area contributed by atoms with Crippen molar-refractivity contribution in [2.24, 2.45) is 0 Å². The van der Waals surface area contributed by atoms with Crippen LogP contribution in [0.2, 0.25) is 0 Å². The van der Waals surface area contributed by atoms with Crippen LogP contribution >= 0.6 is 0 Å². The van der Waals surface area contributed by atoms with E-state index in [1.165, 1.54) is 0 Å². The first-order chi connectivity index (χ1) is 11.6. The molecule has 5 nitrogen and oxygen atoms in total. The third-order valence-electron chi connectivity index (χ3n) is 3.78. The van der Waals surface area contributed by atoms with Crippen molar-refractivity contribution in [1.29, 1.82) is 0 Å². The zero-order chi connectivity index (χ0) is 16.9. The van der Waals surface area contributed by atoms with E-state index in [2.05, 4.69) is 16.0 Å². The second-order valence-corrected chi connectivity index (χ2v) is 5.67. The molecule has 3 rings (SSSR count). The van der Waals surface area contributed by atoms with Gasteiger partial charge in [-0.3, -0.25) is 14.9 Å². The van der Waals surface area contributed by atoms with Crippen molar-refractivity contribution in [3.8, 4) is 0 Å². The Morgan fingerprint density at radius 2 is 1.83 bits per heavy atom. The monoisotopic (exact) mass is 321 g/mol. The van der Waals surface area contributed by atoms with Gasteiger partial charge in [-0.25, -0.2) is 0 Å². The number of benzene rings is 2. The molecule has 1 unspecified atom stereocenters. The Labute approximate surface area is 140 Å². The zero-order valence-corrected chi connectivity index (χ0v) is 13.4. The van der Waals surface area contributed by atoms with E-state index in [4.69, 9.17) is 0 Å². The summed E-state index contributed by atoms with van der Waals surface area (Å²) in [7, 11) is 0. The summed E-state index contributed by atoms with van der Waals surface area (Å²) >= 11 is 0. The number of carbonyl (C=O) groups excluding carboxylic acids is 2. The van der Waals surface area contributed by atoms with Crippen molar-refractivity contribution in [3.63, 3.8) is 0 Å². The van der Waals surface area contributed by atoms with Gasteiger partial charge in [-0.2, -0.15) is 0 Å². The van der Waals surface area contributed by atoms with E-state index in [0.29, 0.717) is 23.5 Å². The van der Waals surface area contributed by atoms with Gasteiger partial charge < -0.3 is 10.6 Å². The predicted molar refractivity (Wildman–Crippen MR) is 95.1 cm³/mol. The van der Waals surface area contributed by atoms with Gasteiger partial charge in [-0.05, 0) is 36.8 Å². The molecular formula is C19H19N3O2. The molecule has 0 saturated carbocycles. The molecule has 2 amide bonds. The van der Waals surface area contributed by atoms with Crippen LogP contribution < -0.4 is 16.0 Å². The number of carbonyl (C=O) groups is 2. The zero-order valence-electron chi connectivity index (χ0n) is 13.4. The van der Waals surface area contributed by atoms with Gasteiger partial charge in [0.2, 0.25) is 5.91 Å². The SMILES string of the molecule is Cc1ccc(NC(=O)c2ccccc2)c(NC(=O)C2C=CCN2)c1. The number of rotatable bonds is 4. The van der Waals surface area contributed by atoms with Crippen LogP contribution in [0.25, 0.3) is 0 Å². The van der Waals surface area contributed by atoms with Crippen LogP contribution in [0.1, 0.15) is 15.9 Å². The summed E-state index contributed by atoms with van der Waals surface area (Å²) in [5.74, 6) is -0.363. The first-order valence-electron chi connectivity index (χ1n) is 7.81. The van der Waals surface area contributed by atoms with Gasteiger partial charge in [-0.1, -0.05) is 36.4 Å². The highest BCUT2D eigenvalue weighted by Crippen LogP contribution is 2.24. The van der Waals surface area contributed by atoms with E-state index in [1.54, 1.807) is 18.2 Å². The van der Waals surface area contributed by atoms with Crippen LogP contribution in [0, 0.1) is 6.92 Å². The van der Waals surface area contributed by atoms with Gasteiger partial charge >= 0.3 is 0 Å². The first-order valence-corrected chi connectivity index (χ1v) is 7.81. The summed E-state index contributed by atoms with van der Waals surface area (Å²) in [6.45, 7) is 2.62. The molecule has 3 N–H and O–H groups in total. The fourth-order valence-corrected chi connectivity index (χ4v) is 2.51. The molecule has 0 fully saturated rings. The second kappa shape index (κ2) is 7.10. The summed E-state index contributed by atoms with van der Waals surface area (Å²) in [6, 6.07) is 14.2. The van der Waals surface area contributed by atoms with Gasteiger partial charge in [0.05, 0.1) is 11.4 Å². The average molecular weight is 321 g/mol. The van der Waals surface area contributed by atoms with Crippen molar-refractivity contribution in [2.45, 2.75) is 13.0 Å². The number of amides is 2. The normalized spacial score (nSPS) is 16.0. The highest BCUT2D eigenvalue weighted by molar-refractivity contribution is 6.07. The molecule has 122 valence electrons. The van der Waals surface area contributed by atoms with Crippen LogP contribution in [-0.2, 0) is 4.79 Å². The molecule has 0 saturated heterocycles. The molecular weight excluding hydrogens is 302 g/mol. The third-order valence-corrected chi connectivity index (χ3v) is 3.78. The van der Waals surface area contributed by atoms with Crippen molar-refractivity contribution < 1.29 is 9.59 Å². The van der Waals surface area contributed by atoms with E-state index < -0.39 is 0 Å². The Bertz CT molecular complexity index is 784. The molecule has 1 atom stereocenters. The minimum absolute atomic E-state index is 0.149. The fraction of sp³-hybridized carbons (Fsp3) is 0.158. The standard InChI is InChI=1S/C19H19N3O2/c1-13-9-10-15(21-18(23)14-6-3-2-4-7-14)17(12-13)22-19(24)16-8-5-11-20-16/h2-10,12,16,20H,11H2,1H3,(H,21,23)(H,22,24). The quantitative estimate of drug-likeness (QED) is 0.758. The minimum Gasteiger partial charge on any atom is -0.323 e. The minimum atomic E-state index is -0.344. The smallest absolute Gasteiger partial charge is 0.255 e. The Hall–Kier alpha value is -2.92. The maximum atomic E-state index is 12.3. The Balaban J connectivity index is 1.79. The molecule has 1 aliphatic rings. The van der Waals surface area contributed by atoms with E-state index in [-0.39, 0.29) is 17.9 Å². The van der Waals surface area contributed by atoms with Crippen LogP contribution in [0.3, 0.4) is 0 Å². The highest BCUT2D eigenvalue weighted by Gasteiger charge is 2.19. The van der Waals surface area contributed by atoms with Crippen LogP contribution in [0.4, 0.5) is 11.4 Å². The molecule has 0 bridgehead atoms. The summed E-state index contributed by atoms with van der Waals surface area (Å²) in [5.41, 5.74) is 2.73. The lowest BCUT2D eigenvalue weighted by Crippen LogP contribution is -2.35. The largest absolute Gasteiger partial charge is 0.323 e. The summed E-state index contributed by atoms with van der Waals surface area (Å²) in [5, 5.41) is 8.81. The average Bonchev–Trinajstić information content (AvgIpc) is 3.13. The number of hydrogen-bond donors (Lipinski definition) is 3. The van der Waals surface area contributed by atoms with E-state index in [9.17, 15) is 9.59 Å². The van der Waals surface area contributed by atoms with Crippen LogP contribution in [0.5, 0.6) is 0 Å². The van der Waals surface area contributed by atoms with E-state index in [1.807, 2.05) is 49.4 Å². The molecule has 0 aromatic heterocycles. The molecule has 0 spiro atoms. The van der Waals surface area contributed by atoms with E-state index >= 15 is 0 Å². The lowest BCUT2D eigenvalue weighted by Gasteiger charge is -2.15. The highest BCUT2D eigenvalue weighted by atomic mass is 16.2. The summed E-state index contributed by atoms with van der Waals surface area (Å²) in [4.78, 5) is 24.6. The summed E-state index contributed by atoms with van der Waals surface area (Å²) < 4.78 is 0. The maximum absolute atomic E-state index is 12.3. The van der Waals surface area contributed by atoms with Gasteiger partial charge in [0.15, 0.2) is 0 Å². The molecule has 1 aliphatic heterocycles. The number of anilines is 2. The lowest BCUT2D eigenvalue weighted by atomic mass is 10.1. The molecule has 24 heavy (non-hydrogen) atoms. The molecule has 0 aliphatic carbocycles. The molecule has 5 heteroatoms. The van der Waals surface area contributed by atoms with Crippen molar-refractivity contribution in [1.82, 2.24) is 5.32 Å². The lowest BCUT2D eigenvalue weighted by molar-refractivity contribution is -0.116. The first kappa shape index (κ1) is 16.0. The molecule has 1 heterocycles. The van der Waals surface area contributed by atoms with Gasteiger partial charge in [0, 0.05) is 12.1 Å². The van der Waals surface area contributed by atoms with Gasteiger partial charge in [0.25, 0.3) is 5.91 Å². The predicted octanol–water partition coefficient (Wildman–Crippen LogP) is 2.71. The maximum Gasteiger partial charge on any atom is 0.255 e. The Morgan fingerprint density at radius 3 is 2.54 bits per heavy atom. The fourth-order valence-electron chi connectivity index (χ4n) is 2.51. The Morgan fingerprint density at radius 1 is 1.04 bits per heavy atom. The summed E-state index contributed by atoms with van der Waals surface area (Å²) in [6.07, 6.45) is 3.74. The molecule has 2 aromatic rings. The van der Waals surface area contributed by atoms with Gasteiger partial charge in [-0.15, -0.1) is 0 Å². The van der Waals surface area contributed by atoms with E-state index in [0.717, 1.165) is 5.56 Å². The van der Waals surface area contributed by atoms with Crippen molar-refractivity contribution >= 4 is 23.2 Å². The molecule has 2 aromatic carbocycles. The number of nitrogens with one attached hydrogen (secondary N) is 3. The molecule has 0 radical (unpaired) electrons. The van der Waals surface area contributed by atoms with Gasteiger partial charge in [0.1, 0.15) is 6.04 Å². The number of hydrogen-bond acceptors (Lipinski definition) is 3. The van der Waals surface area contributed by atoms with Crippen LogP contribution in [0.15, 0.2) is 60.7 Å². The third kappa shape index (κ3) is 3.70. The second-order valence-electron chi connectivity index (χ2n) is 5.67. The number of aryl methyl sites for hydroxylation is 1. The van der Waals surface area contributed by atoms with Crippen LogP contribution in [-0.4, -0.2) is 24.4 Å². The van der Waals surface area contributed by atoms with Crippen molar-refractivity contribution in [3.05, 3.63) is 71.8 Å². The van der Waals surface area contributed by atoms with Crippen molar-refractivity contribution in [2.75, 3.05) is 17.2 Å². The topological polar surface area (TPSA) is 70.2 Å². The Kier molecular flexibility index (Phi) is 4.72.